The number of aliphatic hydroxyl groups is 1. The van der Waals surface area contributed by atoms with Gasteiger partial charge in [-0.1, -0.05) is 6.92 Å². The Balaban J connectivity index is 2.47. The van der Waals surface area contributed by atoms with Gasteiger partial charge in [0.1, 0.15) is 5.60 Å². The lowest BCUT2D eigenvalue weighted by molar-refractivity contribution is 0.0223. The summed E-state index contributed by atoms with van der Waals surface area (Å²) < 4.78 is 5.42. The molecule has 1 saturated heterocycles. The Morgan fingerprint density at radius 3 is 2.74 bits per heavy atom. The van der Waals surface area contributed by atoms with Crippen LogP contribution in [0.25, 0.3) is 0 Å². The molecule has 0 spiro atoms. The highest BCUT2D eigenvalue weighted by Crippen LogP contribution is 2.20. The molecule has 0 aromatic rings. The molecule has 0 aliphatic carbocycles. The first-order valence-electron chi connectivity index (χ1n) is 7.21. The molecule has 0 radical (unpaired) electrons. The van der Waals surface area contributed by atoms with Crippen molar-refractivity contribution in [3.63, 3.8) is 0 Å². The minimum Gasteiger partial charge on any atom is -0.444 e. The molecule has 1 rings (SSSR count). The molecule has 5 heteroatoms. The van der Waals surface area contributed by atoms with Crippen LogP contribution in [-0.4, -0.2) is 53.5 Å². The van der Waals surface area contributed by atoms with Gasteiger partial charge >= 0.3 is 6.09 Å². The number of rotatable bonds is 5. The van der Waals surface area contributed by atoms with Crippen LogP contribution >= 0.6 is 0 Å². The van der Waals surface area contributed by atoms with Crippen LogP contribution in [0.15, 0.2) is 0 Å². The van der Waals surface area contributed by atoms with E-state index >= 15 is 0 Å². The molecule has 1 amide bonds. The molecule has 19 heavy (non-hydrogen) atoms. The van der Waals surface area contributed by atoms with Crippen molar-refractivity contribution in [1.82, 2.24) is 10.2 Å². The second-order valence-corrected chi connectivity index (χ2v) is 6.17. The highest BCUT2D eigenvalue weighted by atomic mass is 16.6. The van der Waals surface area contributed by atoms with Gasteiger partial charge in [0.2, 0.25) is 0 Å². The summed E-state index contributed by atoms with van der Waals surface area (Å²) in [5.41, 5.74) is -0.450. The predicted octanol–water partition coefficient (Wildman–Crippen LogP) is 1.75. The highest BCUT2D eigenvalue weighted by molar-refractivity contribution is 5.69. The Morgan fingerprint density at radius 2 is 2.21 bits per heavy atom. The maximum absolute atomic E-state index is 12.1. The van der Waals surface area contributed by atoms with Crippen molar-refractivity contribution in [2.24, 2.45) is 0 Å². The summed E-state index contributed by atoms with van der Waals surface area (Å²) in [6.45, 7) is 9.30. The SMILES string of the molecule is CC[C@@H](CO)NCC1CCCN1C(=O)OC(C)(C)C. The third kappa shape index (κ3) is 5.37. The van der Waals surface area contributed by atoms with Crippen LogP contribution in [-0.2, 0) is 4.74 Å². The minimum atomic E-state index is -0.450. The summed E-state index contributed by atoms with van der Waals surface area (Å²) in [5, 5.41) is 12.5. The molecular formula is C14H28N2O3. The number of aliphatic hydroxyl groups excluding tert-OH is 1. The van der Waals surface area contributed by atoms with Gasteiger partial charge in [-0.05, 0) is 40.0 Å². The standard InChI is InChI=1S/C14H28N2O3/c1-5-11(10-17)15-9-12-7-6-8-16(12)13(18)19-14(2,3)4/h11-12,15,17H,5-10H2,1-4H3/t11-,12?/m0/s1. The smallest absolute Gasteiger partial charge is 0.410 e. The number of amides is 1. The molecule has 0 saturated carbocycles. The molecule has 2 N–H and O–H groups in total. The maximum atomic E-state index is 12.1. The zero-order valence-corrected chi connectivity index (χ0v) is 12.6. The van der Waals surface area contributed by atoms with E-state index in [-0.39, 0.29) is 24.8 Å². The highest BCUT2D eigenvalue weighted by Gasteiger charge is 2.32. The van der Waals surface area contributed by atoms with Gasteiger partial charge in [-0.3, -0.25) is 0 Å². The third-order valence-corrected chi connectivity index (χ3v) is 3.36. The average Bonchev–Trinajstić information content (AvgIpc) is 2.76. The topological polar surface area (TPSA) is 61.8 Å². The van der Waals surface area contributed by atoms with Crippen molar-refractivity contribution >= 4 is 6.09 Å². The van der Waals surface area contributed by atoms with E-state index in [0.29, 0.717) is 0 Å². The van der Waals surface area contributed by atoms with E-state index in [4.69, 9.17) is 9.84 Å². The monoisotopic (exact) mass is 272 g/mol. The molecule has 0 bridgehead atoms. The van der Waals surface area contributed by atoms with Crippen LogP contribution < -0.4 is 5.32 Å². The molecule has 112 valence electrons. The second-order valence-electron chi connectivity index (χ2n) is 6.17. The van der Waals surface area contributed by atoms with E-state index in [1.165, 1.54) is 0 Å². The normalized spacial score (nSPS) is 21.5. The molecule has 0 aromatic heterocycles. The predicted molar refractivity (Wildman–Crippen MR) is 75.1 cm³/mol. The summed E-state index contributed by atoms with van der Waals surface area (Å²) in [5.74, 6) is 0. The maximum Gasteiger partial charge on any atom is 0.410 e. The second kappa shape index (κ2) is 7.10. The Hall–Kier alpha value is -0.810. The molecule has 1 unspecified atom stereocenters. The first-order valence-corrected chi connectivity index (χ1v) is 7.21. The lowest BCUT2D eigenvalue weighted by Crippen LogP contribution is -2.46. The molecule has 5 nitrogen and oxygen atoms in total. The first kappa shape index (κ1) is 16.2. The van der Waals surface area contributed by atoms with Gasteiger partial charge in [0.05, 0.1) is 6.61 Å². The number of carbonyl (C=O) groups is 1. The zero-order chi connectivity index (χ0) is 14.5. The Labute approximate surface area is 116 Å². The number of hydrogen-bond acceptors (Lipinski definition) is 4. The Morgan fingerprint density at radius 1 is 1.53 bits per heavy atom. The minimum absolute atomic E-state index is 0.112. The van der Waals surface area contributed by atoms with Gasteiger partial charge in [-0.2, -0.15) is 0 Å². The number of nitrogens with zero attached hydrogens (tertiary/aromatic N) is 1. The average molecular weight is 272 g/mol. The van der Waals surface area contributed by atoms with E-state index in [9.17, 15) is 4.79 Å². The number of carbonyl (C=O) groups excluding carboxylic acids is 1. The summed E-state index contributed by atoms with van der Waals surface area (Å²) in [6.07, 6.45) is 2.67. The van der Waals surface area contributed by atoms with Gasteiger partial charge in [-0.15, -0.1) is 0 Å². The van der Waals surface area contributed by atoms with Gasteiger partial charge in [-0.25, -0.2) is 4.79 Å². The van der Waals surface area contributed by atoms with Gasteiger partial charge in [0, 0.05) is 25.2 Å². The van der Waals surface area contributed by atoms with Gasteiger partial charge in [0.15, 0.2) is 0 Å². The van der Waals surface area contributed by atoms with Crippen LogP contribution in [0, 0.1) is 0 Å². The number of hydrogen-bond donors (Lipinski definition) is 2. The lowest BCUT2D eigenvalue weighted by atomic mass is 10.2. The lowest BCUT2D eigenvalue weighted by Gasteiger charge is -2.29. The Kier molecular flexibility index (Phi) is 6.07. The first-order chi connectivity index (χ1) is 8.87. The van der Waals surface area contributed by atoms with Crippen LogP contribution in [0.3, 0.4) is 0 Å². The van der Waals surface area contributed by atoms with Gasteiger partial charge in [0.25, 0.3) is 0 Å². The molecule has 2 atom stereocenters. The number of ether oxygens (including phenoxy) is 1. The van der Waals surface area contributed by atoms with Crippen LogP contribution in [0.1, 0.15) is 47.0 Å². The summed E-state index contributed by atoms with van der Waals surface area (Å²) >= 11 is 0. The van der Waals surface area contributed by atoms with Crippen LogP contribution in [0.2, 0.25) is 0 Å². The van der Waals surface area contributed by atoms with Crippen molar-refractivity contribution in [2.45, 2.75) is 64.6 Å². The van der Waals surface area contributed by atoms with Crippen molar-refractivity contribution in [1.29, 1.82) is 0 Å². The quantitative estimate of drug-likeness (QED) is 0.800. The van der Waals surface area contributed by atoms with Crippen LogP contribution in [0.4, 0.5) is 4.79 Å². The largest absolute Gasteiger partial charge is 0.444 e. The number of likely N-dealkylation sites (tertiary alicyclic amines) is 1. The van der Waals surface area contributed by atoms with Crippen molar-refractivity contribution in [3.05, 3.63) is 0 Å². The fourth-order valence-corrected chi connectivity index (χ4v) is 2.25. The summed E-state index contributed by atoms with van der Waals surface area (Å²) in [4.78, 5) is 13.9. The van der Waals surface area contributed by atoms with Crippen molar-refractivity contribution in [2.75, 3.05) is 19.7 Å². The van der Waals surface area contributed by atoms with E-state index in [2.05, 4.69) is 5.32 Å². The van der Waals surface area contributed by atoms with E-state index < -0.39 is 5.60 Å². The molecule has 1 aliphatic rings. The van der Waals surface area contributed by atoms with Crippen molar-refractivity contribution < 1.29 is 14.6 Å². The van der Waals surface area contributed by atoms with Crippen molar-refractivity contribution in [3.8, 4) is 0 Å². The molecule has 1 fully saturated rings. The summed E-state index contributed by atoms with van der Waals surface area (Å²) in [6, 6.07) is 0.288. The van der Waals surface area contributed by atoms with E-state index in [1.54, 1.807) is 0 Å². The van der Waals surface area contributed by atoms with Crippen LogP contribution in [0.5, 0.6) is 0 Å². The third-order valence-electron chi connectivity index (χ3n) is 3.36. The summed E-state index contributed by atoms with van der Waals surface area (Å²) in [7, 11) is 0. The Bertz CT molecular complexity index is 285. The number of nitrogens with one attached hydrogen (secondary N) is 1. The van der Waals surface area contributed by atoms with E-state index in [0.717, 1.165) is 32.4 Å². The molecule has 1 heterocycles. The molecular weight excluding hydrogens is 244 g/mol. The van der Waals surface area contributed by atoms with E-state index in [1.807, 2.05) is 32.6 Å². The fourth-order valence-electron chi connectivity index (χ4n) is 2.25. The molecule has 1 aliphatic heterocycles. The zero-order valence-electron chi connectivity index (χ0n) is 12.6. The van der Waals surface area contributed by atoms with Gasteiger partial charge < -0.3 is 20.1 Å². The molecule has 0 aromatic carbocycles. The fraction of sp³-hybridized carbons (Fsp3) is 0.929.